The van der Waals surface area contributed by atoms with Gasteiger partial charge >= 0.3 is 0 Å². The molecule has 0 bridgehead atoms. The van der Waals surface area contributed by atoms with Crippen molar-refractivity contribution in [2.24, 2.45) is 4.99 Å². The Bertz CT molecular complexity index is 628. The zero-order valence-corrected chi connectivity index (χ0v) is 14.9. The minimum atomic E-state index is 0. The first-order valence-electron chi connectivity index (χ1n) is 7.30. The minimum absolute atomic E-state index is 0. The van der Waals surface area contributed by atoms with E-state index in [0.29, 0.717) is 6.04 Å². The highest BCUT2D eigenvalue weighted by Gasteiger charge is 2.21. The molecule has 1 aliphatic rings. The largest absolute Gasteiger partial charge is 0.361 e. The maximum atomic E-state index is 4.25. The normalized spacial score (nSPS) is 14.9. The highest BCUT2D eigenvalue weighted by Crippen LogP contribution is 2.22. The van der Waals surface area contributed by atoms with E-state index in [1.807, 2.05) is 7.05 Å². The van der Waals surface area contributed by atoms with E-state index < -0.39 is 0 Å². The lowest BCUT2D eigenvalue weighted by Gasteiger charge is -2.10. The second-order valence-corrected chi connectivity index (χ2v) is 5.48. The number of hydrogen-bond acceptors (Lipinski definition) is 1. The quantitative estimate of drug-likeness (QED) is 0.422. The fraction of sp³-hybridized carbons (Fsp3) is 0.438. The number of halogens is 1. The summed E-state index contributed by atoms with van der Waals surface area (Å²) in [5, 5.41) is 8.15. The second kappa shape index (κ2) is 7.15. The summed E-state index contributed by atoms with van der Waals surface area (Å²) in [5.74, 6) is 0.920. The number of aliphatic imine (C=N–C) groups is 1. The van der Waals surface area contributed by atoms with Crippen LogP contribution >= 0.6 is 24.0 Å². The van der Waals surface area contributed by atoms with Crippen LogP contribution in [0, 0.1) is 6.92 Å². The maximum Gasteiger partial charge on any atom is 0.191 e. The molecule has 0 radical (unpaired) electrons. The summed E-state index contributed by atoms with van der Waals surface area (Å²) in [7, 11) is 1.83. The number of hydrogen-bond donors (Lipinski definition) is 3. The van der Waals surface area contributed by atoms with Crippen LogP contribution < -0.4 is 10.6 Å². The number of fused-ring (bicyclic) bond motifs is 1. The molecule has 0 spiro atoms. The SMILES string of the molecule is CN=C(NCCc1c[nH]c2cccc(C)c12)NC1CC1.I. The van der Waals surface area contributed by atoms with Crippen molar-refractivity contribution >= 4 is 40.8 Å². The molecule has 1 aromatic carbocycles. The van der Waals surface area contributed by atoms with Crippen LogP contribution in [0.25, 0.3) is 10.9 Å². The van der Waals surface area contributed by atoms with Crippen molar-refractivity contribution in [3.8, 4) is 0 Å². The van der Waals surface area contributed by atoms with E-state index in [0.717, 1.165) is 18.9 Å². The van der Waals surface area contributed by atoms with Gasteiger partial charge in [-0.3, -0.25) is 4.99 Å². The van der Waals surface area contributed by atoms with E-state index in [4.69, 9.17) is 0 Å². The fourth-order valence-corrected chi connectivity index (χ4v) is 2.58. The number of nitrogens with zero attached hydrogens (tertiary/aromatic N) is 1. The molecule has 1 fully saturated rings. The summed E-state index contributed by atoms with van der Waals surface area (Å²) in [6.45, 7) is 3.06. The van der Waals surface area contributed by atoms with Crippen molar-refractivity contribution in [2.75, 3.05) is 13.6 Å². The number of guanidine groups is 1. The third-order valence-corrected chi connectivity index (χ3v) is 3.82. The van der Waals surface area contributed by atoms with Crippen LogP contribution in [0.3, 0.4) is 0 Å². The number of aromatic amines is 1. The molecular weight excluding hydrogens is 375 g/mol. The Morgan fingerprint density at radius 3 is 2.90 bits per heavy atom. The first kappa shape index (κ1) is 16.1. The average Bonchev–Trinajstić information content (AvgIpc) is 3.17. The van der Waals surface area contributed by atoms with E-state index in [1.165, 1.54) is 34.9 Å². The third kappa shape index (κ3) is 3.90. The van der Waals surface area contributed by atoms with Gasteiger partial charge in [-0.05, 0) is 43.4 Å². The van der Waals surface area contributed by atoms with Crippen LogP contribution in [0.4, 0.5) is 0 Å². The lowest BCUT2D eigenvalue weighted by atomic mass is 10.1. The predicted octanol–water partition coefficient (Wildman–Crippen LogP) is 2.96. The molecule has 0 amide bonds. The van der Waals surface area contributed by atoms with Crippen molar-refractivity contribution in [2.45, 2.75) is 32.2 Å². The molecule has 114 valence electrons. The van der Waals surface area contributed by atoms with Gasteiger partial charge < -0.3 is 15.6 Å². The van der Waals surface area contributed by atoms with Gasteiger partial charge in [-0.25, -0.2) is 0 Å². The van der Waals surface area contributed by atoms with E-state index in [1.54, 1.807) is 0 Å². The van der Waals surface area contributed by atoms with Crippen LogP contribution in [-0.4, -0.2) is 30.6 Å². The fourth-order valence-electron chi connectivity index (χ4n) is 2.58. The Hall–Kier alpha value is -1.24. The molecule has 1 aliphatic carbocycles. The van der Waals surface area contributed by atoms with Gasteiger partial charge in [0, 0.05) is 36.7 Å². The monoisotopic (exact) mass is 398 g/mol. The number of rotatable bonds is 4. The van der Waals surface area contributed by atoms with Crippen molar-refractivity contribution in [1.82, 2.24) is 15.6 Å². The summed E-state index contributed by atoms with van der Waals surface area (Å²) < 4.78 is 0. The van der Waals surface area contributed by atoms with E-state index in [2.05, 4.69) is 51.9 Å². The first-order chi connectivity index (χ1) is 9.78. The third-order valence-electron chi connectivity index (χ3n) is 3.82. The van der Waals surface area contributed by atoms with Gasteiger partial charge in [-0.1, -0.05) is 12.1 Å². The highest BCUT2D eigenvalue weighted by atomic mass is 127. The Balaban J connectivity index is 0.00000161. The summed E-state index contributed by atoms with van der Waals surface area (Å²) >= 11 is 0. The Morgan fingerprint density at radius 2 is 2.19 bits per heavy atom. The number of H-pyrrole nitrogens is 1. The molecule has 21 heavy (non-hydrogen) atoms. The first-order valence-corrected chi connectivity index (χ1v) is 7.30. The smallest absolute Gasteiger partial charge is 0.191 e. The standard InChI is InChI=1S/C16H22N4.HI/c1-11-4-3-5-14-15(11)12(10-19-14)8-9-18-16(17-2)20-13-6-7-13;/h3-5,10,13,19H,6-9H2,1-2H3,(H2,17,18,20);1H. The van der Waals surface area contributed by atoms with Gasteiger partial charge in [0.15, 0.2) is 5.96 Å². The van der Waals surface area contributed by atoms with Crippen molar-refractivity contribution < 1.29 is 0 Å². The number of benzene rings is 1. The van der Waals surface area contributed by atoms with E-state index in [-0.39, 0.29) is 24.0 Å². The molecule has 1 aromatic heterocycles. The van der Waals surface area contributed by atoms with Crippen molar-refractivity contribution in [1.29, 1.82) is 0 Å². The van der Waals surface area contributed by atoms with Crippen LogP contribution in [0.5, 0.6) is 0 Å². The van der Waals surface area contributed by atoms with Gasteiger partial charge in [0.1, 0.15) is 0 Å². The molecule has 3 N–H and O–H groups in total. The Kier molecular flexibility index (Phi) is 5.50. The van der Waals surface area contributed by atoms with E-state index in [9.17, 15) is 0 Å². The van der Waals surface area contributed by atoms with Crippen molar-refractivity contribution in [3.05, 3.63) is 35.5 Å². The molecule has 0 unspecified atom stereocenters. The zero-order valence-electron chi connectivity index (χ0n) is 12.6. The topological polar surface area (TPSA) is 52.2 Å². The predicted molar refractivity (Wildman–Crippen MR) is 99.7 cm³/mol. The maximum absolute atomic E-state index is 4.25. The summed E-state index contributed by atoms with van der Waals surface area (Å²) in [6, 6.07) is 7.03. The van der Waals surface area contributed by atoms with Gasteiger partial charge in [-0.15, -0.1) is 24.0 Å². The second-order valence-electron chi connectivity index (χ2n) is 5.48. The zero-order chi connectivity index (χ0) is 13.9. The molecule has 1 saturated carbocycles. The average molecular weight is 398 g/mol. The molecule has 1 heterocycles. The lowest BCUT2D eigenvalue weighted by Crippen LogP contribution is -2.39. The molecule has 0 aliphatic heterocycles. The number of aryl methyl sites for hydroxylation is 1. The molecule has 4 nitrogen and oxygen atoms in total. The van der Waals surface area contributed by atoms with Crippen LogP contribution in [0.1, 0.15) is 24.0 Å². The van der Waals surface area contributed by atoms with Crippen LogP contribution in [-0.2, 0) is 6.42 Å². The molecule has 0 saturated heterocycles. The van der Waals surface area contributed by atoms with Crippen LogP contribution in [0.15, 0.2) is 29.4 Å². The minimum Gasteiger partial charge on any atom is -0.361 e. The Labute approximate surface area is 142 Å². The molecule has 2 aromatic rings. The molecule has 5 heteroatoms. The van der Waals surface area contributed by atoms with Crippen LogP contribution in [0.2, 0.25) is 0 Å². The molecule has 0 atom stereocenters. The van der Waals surface area contributed by atoms with Gasteiger partial charge in [0.05, 0.1) is 0 Å². The molecular formula is C16H23IN4. The van der Waals surface area contributed by atoms with Gasteiger partial charge in [0.25, 0.3) is 0 Å². The summed E-state index contributed by atoms with van der Waals surface area (Å²) in [4.78, 5) is 7.60. The van der Waals surface area contributed by atoms with Gasteiger partial charge in [0.2, 0.25) is 0 Å². The summed E-state index contributed by atoms with van der Waals surface area (Å²) in [6.07, 6.45) is 5.65. The highest BCUT2D eigenvalue weighted by molar-refractivity contribution is 14.0. The van der Waals surface area contributed by atoms with Gasteiger partial charge in [-0.2, -0.15) is 0 Å². The van der Waals surface area contributed by atoms with Crippen molar-refractivity contribution in [3.63, 3.8) is 0 Å². The lowest BCUT2D eigenvalue weighted by molar-refractivity contribution is 0.793. The number of aromatic nitrogens is 1. The number of nitrogens with one attached hydrogen (secondary N) is 3. The van der Waals surface area contributed by atoms with E-state index >= 15 is 0 Å². The Morgan fingerprint density at radius 1 is 1.38 bits per heavy atom. The summed E-state index contributed by atoms with van der Waals surface area (Å²) in [5.41, 5.74) is 3.92. The molecule has 3 rings (SSSR count).